The number of piperidine rings is 1. The number of benzene rings is 2. The van der Waals surface area contributed by atoms with E-state index in [1.807, 2.05) is 19.1 Å². The predicted octanol–water partition coefficient (Wildman–Crippen LogP) is 5.56. The van der Waals surface area contributed by atoms with Crippen molar-refractivity contribution >= 4 is 40.1 Å². The lowest BCUT2D eigenvalue weighted by molar-refractivity contribution is 0.0691. The van der Waals surface area contributed by atoms with Crippen LogP contribution in [-0.2, 0) is 4.74 Å². The maximum Gasteiger partial charge on any atom is 0.409 e. The number of halogens is 2. The quantitative estimate of drug-likeness (QED) is 0.465. The first kappa shape index (κ1) is 23.8. The van der Waals surface area contributed by atoms with E-state index >= 15 is 0 Å². The Morgan fingerprint density at radius 1 is 1.15 bits per heavy atom. The van der Waals surface area contributed by atoms with E-state index in [2.05, 4.69) is 15.3 Å². The Morgan fingerprint density at radius 2 is 1.94 bits per heavy atom. The standard InChI is InChI=1S/C24H26ClFN4O4/c1-3-32-21-13-20-17(23(28-14-27-20)29-15-5-6-19(26)18(25)11-15)12-22(21)34-16-7-9-30(10-8-16)24(31)33-4-2/h5-6,11-14,16H,3-4,7-10H2,1-2H3,(H,27,28,29). The fourth-order valence-corrected chi connectivity index (χ4v) is 3.97. The molecule has 1 aliphatic rings. The van der Waals surface area contributed by atoms with Gasteiger partial charge in [-0.25, -0.2) is 19.2 Å². The van der Waals surface area contributed by atoms with Crippen LogP contribution in [0.1, 0.15) is 26.7 Å². The smallest absolute Gasteiger partial charge is 0.409 e. The first-order chi connectivity index (χ1) is 16.5. The Kier molecular flexibility index (Phi) is 7.52. The fourth-order valence-electron chi connectivity index (χ4n) is 3.79. The summed E-state index contributed by atoms with van der Waals surface area (Å²) < 4.78 is 30.8. The molecule has 3 aromatic rings. The van der Waals surface area contributed by atoms with Crippen molar-refractivity contribution in [3.63, 3.8) is 0 Å². The Balaban J connectivity index is 1.58. The molecule has 2 aromatic carbocycles. The average Bonchev–Trinajstić information content (AvgIpc) is 2.83. The highest BCUT2D eigenvalue weighted by molar-refractivity contribution is 6.31. The van der Waals surface area contributed by atoms with E-state index < -0.39 is 5.82 Å². The van der Waals surface area contributed by atoms with Crippen LogP contribution in [0.25, 0.3) is 10.9 Å². The van der Waals surface area contributed by atoms with Gasteiger partial charge < -0.3 is 24.4 Å². The Bertz CT molecular complexity index is 1170. The van der Waals surface area contributed by atoms with Gasteiger partial charge in [0, 0.05) is 43.1 Å². The number of hydrogen-bond acceptors (Lipinski definition) is 7. The zero-order valence-electron chi connectivity index (χ0n) is 19.0. The van der Waals surface area contributed by atoms with Crippen LogP contribution in [0.3, 0.4) is 0 Å². The van der Waals surface area contributed by atoms with Gasteiger partial charge in [-0.3, -0.25) is 0 Å². The molecule has 4 rings (SSSR count). The van der Waals surface area contributed by atoms with E-state index in [1.165, 1.54) is 18.5 Å². The van der Waals surface area contributed by atoms with Crippen LogP contribution in [0.2, 0.25) is 5.02 Å². The van der Waals surface area contributed by atoms with Gasteiger partial charge in [-0.15, -0.1) is 0 Å². The lowest BCUT2D eigenvalue weighted by Gasteiger charge is -2.31. The largest absolute Gasteiger partial charge is 0.490 e. The number of hydrogen-bond donors (Lipinski definition) is 1. The molecule has 0 aliphatic carbocycles. The molecule has 1 aromatic heterocycles. The first-order valence-electron chi connectivity index (χ1n) is 11.2. The molecule has 1 amide bonds. The summed E-state index contributed by atoms with van der Waals surface area (Å²) in [6.07, 6.45) is 2.41. The van der Waals surface area contributed by atoms with Crippen molar-refractivity contribution in [2.24, 2.45) is 0 Å². The van der Waals surface area contributed by atoms with E-state index in [0.29, 0.717) is 73.1 Å². The van der Waals surface area contributed by atoms with Crippen LogP contribution in [-0.4, -0.2) is 53.4 Å². The van der Waals surface area contributed by atoms with Gasteiger partial charge in [-0.1, -0.05) is 11.6 Å². The molecule has 180 valence electrons. The summed E-state index contributed by atoms with van der Waals surface area (Å²) in [5.41, 5.74) is 1.26. The number of carbonyl (C=O) groups excluding carboxylic acids is 1. The van der Waals surface area contributed by atoms with E-state index in [4.69, 9.17) is 25.8 Å². The minimum absolute atomic E-state index is 0.0141. The van der Waals surface area contributed by atoms with Crippen molar-refractivity contribution in [2.75, 3.05) is 31.6 Å². The Hall–Kier alpha value is -3.33. The van der Waals surface area contributed by atoms with Crippen LogP contribution in [0.15, 0.2) is 36.7 Å². The number of nitrogens with one attached hydrogen (secondary N) is 1. The Labute approximate surface area is 202 Å². The molecular formula is C24H26ClFN4O4. The second kappa shape index (κ2) is 10.7. The lowest BCUT2D eigenvalue weighted by atomic mass is 10.1. The van der Waals surface area contributed by atoms with Crippen molar-refractivity contribution in [1.29, 1.82) is 0 Å². The van der Waals surface area contributed by atoms with Gasteiger partial charge in [-0.2, -0.15) is 0 Å². The topological polar surface area (TPSA) is 85.8 Å². The summed E-state index contributed by atoms with van der Waals surface area (Å²) in [5, 5.41) is 3.90. The SMILES string of the molecule is CCOC(=O)N1CCC(Oc2cc3c(Nc4ccc(F)c(Cl)c4)ncnc3cc2OCC)CC1. The van der Waals surface area contributed by atoms with Crippen LogP contribution in [0.5, 0.6) is 11.5 Å². The van der Waals surface area contributed by atoms with Gasteiger partial charge in [0.1, 0.15) is 24.1 Å². The summed E-state index contributed by atoms with van der Waals surface area (Å²) in [4.78, 5) is 22.4. The monoisotopic (exact) mass is 488 g/mol. The lowest BCUT2D eigenvalue weighted by Crippen LogP contribution is -2.42. The predicted molar refractivity (Wildman–Crippen MR) is 128 cm³/mol. The molecule has 0 radical (unpaired) electrons. The molecular weight excluding hydrogens is 463 g/mol. The molecule has 8 nitrogen and oxygen atoms in total. The molecule has 1 saturated heterocycles. The number of nitrogens with zero attached hydrogens (tertiary/aromatic N) is 3. The number of amides is 1. The molecule has 0 atom stereocenters. The Morgan fingerprint density at radius 3 is 2.65 bits per heavy atom. The van der Waals surface area contributed by atoms with E-state index in [-0.39, 0.29) is 17.2 Å². The maximum atomic E-state index is 13.5. The van der Waals surface area contributed by atoms with E-state index in [1.54, 1.807) is 17.9 Å². The number of rotatable bonds is 7. The minimum Gasteiger partial charge on any atom is -0.490 e. The van der Waals surface area contributed by atoms with Gasteiger partial charge in [0.2, 0.25) is 0 Å². The van der Waals surface area contributed by atoms with Crippen LogP contribution < -0.4 is 14.8 Å². The number of carbonyl (C=O) groups is 1. The van der Waals surface area contributed by atoms with Crippen LogP contribution in [0.4, 0.5) is 20.7 Å². The molecule has 0 saturated carbocycles. The van der Waals surface area contributed by atoms with Crippen molar-refractivity contribution in [2.45, 2.75) is 32.8 Å². The molecule has 1 fully saturated rings. The fraction of sp³-hybridized carbons (Fsp3) is 0.375. The highest BCUT2D eigenvalue weighted by Crippen LogP contribution is 2.36. The number of aromatic nitrogens is 2. The molecule has 0 spiro atoms. The van der Waals surface area contributed by atoms with E-state index in [0.717, 1.165) is 0 Å². The van der Waals surface area contributed by atoms with Crippen molar-refractivity contribution in [3.05, 3.63) is 47.5 Å². The summed E-state index contributed by atoms with van der Waals surface area (Å²) in [6.45, 7) is 5.63. The van der Waals surface area contributed by atoms with Gasteiger partial charge in [-0.05, 0) is 38.1 Å². The molecule has 1 aliphatic heterocycles. The minimum atomic E-state index is -0.495. The molecule has 2 heterocycles. The normalized spacial score (nSPS) is 14.2. The molecule has 0 unspecified atom stereocenters. The van der Waals surface area contributed by atoms with E-state index in [9.17, 15) is 9.18 Å². The third-order valence-electron chi connectivity index (χ3n) is 5.44. The average molecular weight is 489 g/mol. The van der Waals surface area contributed by atoms with Crippen LogP contribution >= 0.6 is 11.6 Å². The number of fused-ring (bicyclic) bond motifs is 1. The molecule has 10 heteroatoms. The summed E-state index contributed by atoms with van der Waals surface area (Å²) >= 11 is 5.92. The number of likely N-dealkylation sites (tertiary alicyclic amines) is 1. The zero-order chi connectivity index (χ0) is 24.1. The van der Waals surface area contributed by atoms with Crippen molar-refractivity contribution < 1.29 is 23.4 Å². The molecule has 0 bridgehead atoms. The summed E-state index contributed by atoms with van der Waals surface area (Å²) in [6, 6.07) is 8.02. The highest BCUT2D eigenvalue weighted by Gasteiger charge is 2.26. The second-order valence-electron chi connectivity index (χ2n) is 7.73. The third-order valence-corrected chi connectivity index (χ3v) is 5.73. The van der Waals surface area contributed by atoms with Crippen LogP contribution in [0, 0.1) is 5.82 Å². The van der Waals surface area contributed by atoms with Gasteiger partial charge in [0.15, 0.2) is 11.5 Å². The summed E-state index contributed by atoms with van der Waals surface area (Å²) in [7, 11) is 0. The number of ether oxygens (including phenoxy) is 3. The molecule has 1 N–H and O–H groups in total. The second-order valence-corrected chi connectivity index (χ2v) is 8.14. The molecule has 34 heavy (non-hydrogen) atoms. The first-order valence-corrected chi connectivity index (χ1v) is 11.6. The summed E-state index contributed by atoms with van der Waals surface area (Å²) in [5.74, 6) is 1.18. The maximum absolute atomic E-state index is 13.5. The van der Waals surface area contributed by atoms with Crippen molar-refractivity contribution in [1.82, 2.24) is 14.9 Å². The van der Waals surface area contributed by atoms with Gasteiger partial charge >= 0.3 is 6.09 Å². The van der Waals surface area contributed by atoms with Gasteiger partial charge in [0.05, 0.1) is 23.8 Å². The zero-order valence-corrected chi connectivity index (χ0v) is 19.8. The van der Waals surface area contributed by atoms with Gasteiger partial charge in [0.25, 0.3) is 0 Å². The number of anilines is 2. The highest BCUT2D eigenvalue weighted by atomic mass is 35.5. The third kappa shape index (κ3) is 5.41. The van der Waals surface area contributed by atoms with Crippen molar-refractivity contribution in [3.8, 4) is 11.5 Å².